The molecule has 0 saturated heterocycles. The summed E-state index contributed by atoms with van der Waals surface area (Å²) in [4.78, 5) is 9.04. The van der Waals surface area contributed by atoms with Gasteiger partial charge in [-0.15, -0.1) is 0 Å². The van der Waals surface area contributed by atoms with Crippen molar-refractivity contribution in [3.63, 3.8) is 0 Å². The van der Waals surface area contributed by atoms with Crippen LogP contribution in [0.1, 0.15) is 38.4 Å². The number of pyridine rings is 1. The number of nitrogens with zero attached hydrogens (tertiary/aromatic N) is 3. The molecule has 0 spiro atoms. The molecule has 18 heavy (non-hydrogen) atoms. The highest BCUT2D eigenvalue weighted by Gasteiger charge is 2.14. The van der Waals surface area contributed by atoms with Crippen molar-refractivity contribution in [2.24, 2.45) is 5.73 Å². The molecule has 0 aliphatic heterocycles. The molecule has 0 unspecified atom stereocenters. The van der Waals surface area contributed by atoms with Crippen LogP contribution in [0.5, 0.6) is 0 Å². The zero-order valence-electron chi connectivity index (χ0n) is 10.9. The monoisotopic (exact) mass is 266 g/mol. The molecule has 2 heterocycles. The van der Waals surface area contributed by atoms with E-state index in [0.29, 0.717) is 10.9 Å². The molecule has 2 aromatic rings. The number of hydrogen-bond donors (Lipinski definition) is 1. The molecule has 0 aromatic carbocycles. The normalized spacial score (nSPS) is 11.6. The first-order valence-electron chi connectivity index (χ1n) is 6.35. The number of unbranched alkanes of at least 4 members (excludes halogenated alkanes) is 1. The Morgan fingerprint density at radius 1 is 1.39 bits per heavy atom. The number of nitrogens with two attached hydrogens (primary N) is 1. The lowest BCUT2D eigenvalue weighted by Gasteiger charge is -2.10. The molecule has 0 saturated carbocycles. The Labute approximate surface area is 112 Å². The molecule has 0 fully saturated rings. The largest absolute Gasteiger partial charge is 0.330 e. The molecule has 2 rings (SSSR count). The van der Waals surface area contributed by atoms with Crippen molar-refractivity contribution in [1.82, 2.24) is 14.5 Å². The molecule has 2 N–H and O–H groups in total. The molecule has 2 aromatic heterocycles. The number of aromatic nitrogens is 3. The minimum absolute atomic E-state index is 0.371. The minimum atomic E-state index is 0.371. The van der Waals surface area contributed by atoms with Gasteiger partial charge in [0.05, 0.1) is 5.02 Å². The van der Waals surface area contributed by atoms with E-state index < -0.39 is 0 Å². The van der Waals surface area contributed by atoms with Crippen LogP contribution in [0.3, 0.4) is 0 Å². The van der Waals surface area contributed by atoms with E-state index in [1.54, 1.807) is 6.20 Å². The van der Waals surface area contributed by atoms with Crippen LogP contribution in [-0.4, -0.2) is 21.1 Å². The van der Waals surface area contributed by atoms with Gasteiger partial charge in [0.15, 0.2) is 5.65 Å². The van der Waals surface area contributed by atoms with Crippen molar-refractivity contribution in [3.05, 3.63) is 23.1 Å². The van der Waals surface area contributed by atoms with Gasteiger partial charge in [-0.05, 0) is 25.5 Å². The van der Waals surface area contributed by atoms with E-state index >= 15 is 0 Å². The molecular weight excluding hydrogens is 248 g/mol. The van der Waals surface area contributed by atoms with Crippen molar-refractivity contribution in [2.45, 2.75) is 39.2 Å². The summed E-state index contributed by atoms with van der Waals surface area (Å²) in [6, 6.07) is 1.87. The van der Waals surface area contributed by atoms with E-state index in [1.165, 1.54) is 0 Å². The second kappa shape index (κ2) is 5.67. The van der Waals surface area contributed by atoms with Crippen molar-refractivity contribution >= 4 is 22.8 Å². The van der Waals surface area contributed by atoms with E-state index in [9.17, 15) is 0 Å². The van der Waals surface area contributed by atoms with Crippen molar-refractivity contribution in [1.29, 1.82) is 0 Å². The molecule has 0 aliphatic rings. The summed E-state index contributed by atoms with van der Waals surface area (Å²) >= 11 is 5.96. The van der Waals surface area contributed by atoms with Crippen LogP contribution in [0.15, 0.2) is 12.3 Å². The maximum atomic E-state index is 5.96. The highest BCUT2D eigenvalue weighted by atomic mass is 35.5. The molecule has 0 amide bonds. The molecule has 0 aliphatic carbocycles. The fraction of sp³-hybridized carbons (Fsp3) is 0.538. The van der Waals surface area contributed by atoms with Gasteiger partial charge in [0.2, 0.25) is 0 Å². The topological polar surface area (TPSA) is 56.7 Å². The Balaban J connectivity index is 2.42. The van der Waals surface area contributed by atoms with Crippen LogP contribution < -0.4 is 5.73 Å². The molecule has 0 atom stereocenters. The second-order valence-electron chi connectivity index (χ2n) is 4.77. The summed E-state index contributed by atoms with van der Waals surface area (Å²) in [7, 11) is 0. The van der Waals surface area contributed by atoms with Gasteiger partial charge in [0.25, 0.3) is 0 Å². The maximum absolute atomic E-state index is 5.96. The number of aryl methyl sites for hydroxylation is 1. The molecule has 4 nitrogen and oxygen atoms in total. The van der Waals surface area contributed by atoms with Gasteiger partial charge >= 0.3 is 0 Å². The summed E-state index contributed by atoms with van der Waals surface area (Å²) < 4.78 is 2.19. The molecule has 98 valence electrons. The first-order valence-corrected chi connectivity index (χ1v) is 6.73. The van der Waals surface area contributed by atoms with E-state index in [0.717, 1.165) is 42.9 Å². The van der Waals surface area contributed by atoms with Crippen molar-refractivity contribution in [2.75, 3.05) is 6.54 Å². The van der Waals surface area contributed by atoms with E-state index in [4.69, 9.17) is 17.3 Å². The number of hydrogen-bond acceptors (Lipinski definition) is 3. The first-order chi connectivity index (χ1) is 8.63. The van der Waals surface area contributed by atoms with Gasteiger partial charge in [-0.1, -0.05) is 25.4 Å². The van der Waals surface area contributed by atoms with E-state index in [2.05, 4.69) is 28.4 Å². The predicted octanol–water partition coefficient (Wildman–Crippen LogP) is 2.95. The third kappa shape index (κ3) is 2.65. The Bertz CT molecular complexity index is 533. The van der Waals surface area contributed by atoms with Crippen LogP contribution >= 0.6 is 11.6 Å². The molecular formula is C13H19ClN4. The summed E-state index contributed by atoms with van der Waals surface area (Å²) in [6.45, 7) is 5.92. The van der Waals surface area contributed by atoms with Crippen LogP contribution in [0, 0.1) is 0 Å². The molecule has 0 bridgehead atoms. The third-order valence-corrected chi connectivity index (χ3v) is 3.14. The van der Waals surface area contributed by atoms with Crippen molar-refractivity contribution < 1.29 is 0 Å². The van der Waals surface area contributed by atoms with E-state index in [1.807, 2.05) is 6.07 Å². The molecule has 5 heteroatoms. The van der Waals surface area contributed by atoms with Crippen LogP contribution in [-0.2, 0) is 6.54 Å². The van der Waals surface area contributed by atoms with Crippen molar-refractivity contribution in [3.8, 4) is 0 Å². The summed E-state index contributed by atoms with van der Waals surface area (Å²) in [5.41, 5.74) is 7.33. The van der Waals surface area contributed by atoms with Gasteiger partial charge in [-0.25, -0.2) is 9.97 Å². The van der Waals surface area contributed by atoms with Gasteiger partial charge < -0.3 is 10.3 Å². The second-order valence-corrected chi connectivity index (χ2v) is 5.20. The highest BCUT2D eigenvalue weighted by Crippen LogP contribution is 2.23. The Kier molecular flexibility index (Phi) is 4.19. The minimum Gasteiger partial charge on any atom is -0.330 e. The van der Waals surface area contributed by atoms with Gasteiger partial charge in [0, 0.05) is 18.7 Å². The number of fused-ring (bicyclic) bond motifs is 1. The third-order valence-electron chi connectivity index (χ3n) is 2.93. The Morgan fingerprint density at radius 3 is 2.83 bits per heavy atom. The zero-order valence-corrected chi connectivity index (χ0v) is 11.6. The maximum Gasteiger partial charge on any atom is 0.160 e. The van der Waals surface area contributed by atoms with Crippen LogP contribution in [0.25, 0.3) is 11.2 Å². The van der Waals surface area contributed by atoms with Gasteiger partial charge in [-0.2, -0.15) is 0 Å². The van der Waals surface area contributed by atoms with Crippen LogP contribution in [0.2, 0.25) is 5.02 Å². The van der Waals surface area contributed by atoms with E-state index in [-0.39, 0.29) is 0 Å². The zero-order chi connectivity index (χ0) is 13.1. The summed E-state index contributed by atoms with van der Waals surface area (Å²) in [5.74, 6) is 1.44. The van der Waals surface area contributed by atoms with Gasteiger partial charge in [0.1, 0.15) is 11.3 Å². The summed E-state index contributed by atoms with van der Waals surface area (Å²) in [5, 5.41) is 0.629. The SMILES string of the molecule is CC(C)c1nc2cc(Cl)cnc2n1CCCCN. The quantitative estimate of drug-likeness (QED) is 0.847. The Morgan fingerprint density at radius 2 is 2.17 bits per heavy atom. The van der Waals surface area contributed by atoms with Crippen LogP contribution in [0.4, 0.5) is 0 Å². The predicted molar refractivity (Wildman–Crippen MR) is 74.9 cm³/mol. The smallest absolute Gasteiger partial charge is 0.160 e. The average molecular weight is 267 g/mol. The lowest BCUT2D eigenvalue weighted by Crippen LogP contribution is -2.08. The average Bonchev–Trinajstić information content (AvgIpc) is 2.68. The summed E-state index contributed by atoms with van der Waals surface area (Å²) in [6.07, 6.45) is 3.74. The molecule has 0 radical (unpaired) electrons. The lowest BCUT2D eigenvalue weighted by molar-refractivity contribution is 0.582. The number of rotatable bonds is 5. The first kappa shape index (κ1) is 13.3. The van der Waals surface area contributed by atoms with Gasteiger partial charge in [-0.3, -0.25) is 0 Å². The highest BCUT2D eigenvalue weighted by molar-refractivity contribution is 6.31. The fourth-order valence-corrected chi connectivity index (χ4v) is 2.23. The standard InChI is InChI=1S/C13H19ClN4/c1-9(2)12-17-11-7-10(14)8-16-13(11)18(12)6-4-3-5-15/h7-9H,3-6,15H2,1-2H3. The number of imidazole rings is 1. The lowest BCUT2D eigenvalue weighted by atomic mass is 10.2. The Hall–Kier alpha value is -1.13. The number of halogens is 1. The fourth-order valence-electron chi connectivity index (χ4n) is 2.08.